The van der Waals surface area contributed by atoms with Crippen LogP contribution in [0.5, 0.6) is 5.75 Å². The molecule has 0 aromatic heterocycles. The summed E-state index contributed by atoms with van der Waals surface area (Å²) in [7, 11) is 0. The van der Waals surface area contributed by atoms with Crippen LogP contribution in [0.15, 0.2) is 24.3 Å². The fourth-order valence-electron chi connectivity index (χ4n) is 1.62. The van der Waals surface area contributed by atoms with E-state index in [1.807, 2.05) is 38.1 Å². The molecule has 4 nitrogen and oxygen atoms in total. The van der Waals surface area contributed by atoms with Crippen molar-refractivity contribution in [2.75, 3.05) is 11.9 Å². The minimum absolute atomic E-state index is 0.151. The summed E-state index contributed by atoms with van der Waals surface area (Å²) >= 11 is 0. The van der Waals surface area contributed by atoms with Gasteiger partial charge in [0.05, 0.1) is 12.6 Å². The molecule has 2 atom stereocenters. The van der Waals surface area contributed by atoms with Crippen LogP contribution in [-0.4, -0.2) is 18.6 Å². The van der Waals surface area contributed by atoms with Gasteiger partial charge in [-0.1, -0.05) is 33.3 Å². The van der Waals surface area contributed by atoms with Gasteiger partial charge in [-0.05, 0) is 24.5 Å². The van der Waals surface area contributed by atoms with Gasteiger partial charge in [-0.25, -0.2) is 0 Å². The van der Waals surface area contributed by atoms with E-state index in [0.717, 1.165) is 24.3 Å². The fraction of sp³-hybridized carbons (Fsp3) is 0.533. The lowest BCUT2D eigenvalue weighted by Gasteiger charge is -2.18. The number of nitrogens with two attached hydrogens (primary N) is 1. The maximum atomic E-state index is 12.0. The number of carbonyl (C=O) groups is 1. The number of hydrogen-bond acceptors (Lipinski definition) is 3. The van der Waals surface area contributed by atoms with Crippen LogP contribution in [0.3, 0.4) is 0 Å². The summed E-state index contributed by atoms with van der Waals surface area (Å²) in [6.07, 6.45) is 1.84. The second-order valence-corrected chi connectivity index (χ2v) is 4.78. The summed E-state index contributed by atoms with van der Waals surface area (Å²) in [6, 6.07) is 6.90. The molecule has 0 heterocycles. The Kier molecular flexibility index (Phi) is 6.36. The third-order valence-corrected chi connectivity index (χ3v) is 3.13. The Balaban J connectivity index is 2.63. The van der Waals surface area contributed by atoms with Crippen LogP contribution in [0.2, 0.25) is 0 Å². The molecule has 0 saturated heterocycles. The Morgan fingerprint density at radius 2 is 2.16 bits per heavy atom. The van der Waals surface area contributed by atoms with Gasteiger partial charge < -0.3 is 15.8 Å². The number of carbonyl (C=O) groups excluding carboxylic acids is 1. The summed E-state index contributed by atoms with van der Waals surface area (Å²) in [5.74, 6) is 0.776. The number of hydrogen-bond donors (Lipinski definition) is 2. The van der Waals surface area contributed by atoms with Gasteiger partial charge in [-0.3, -0.25) is 4.79 Å². The number of ether oxygens (including phenoxy) is 1. The Hall–Kier alpha value is -1.55. The zero-order valence-corrected chi connectivity index (χ0v) is 12.0. The quantitative estimate of drug-likeness (QED) is 0.796. The summed E-state index contributed by atoms with van der Waals surface area (Å²) < 4.78 is 5.52. The zero-order valence-electron chi connectivity index (χ0n) is 12.0. The monoisotopic (exact) mass is 264 g/mol. The van der Waals surface area contributed by atoms with Crippen molar-refractivity contribution in [2.45, 2.75) is 39.7 Å². The van der Waals surface area contributed by atoms with Crippen LogP contribution in [0.1, 0.15) is 33.6 Å². The molecule has 1 amide bonds. The number of nitrogens with one attached hydrogen (secondary N) is 1. The van der Waals surface area contributed by atoms with Gasteiger partial charge in [0.25, 0.3) is 0 Å². The van der Waals surface area contributed by atoms with E-state index in [2.05, 4.69) is 12.2 Å². The summed E-state index contributed by atoms with van der Waals surface area (Å²) in [5, 5.41) is 2.83. The van der Waals surface area contributed by atoms with Crippen LogP contribution in [0.4, 0.5) is 5.69 Å². The van der Waals surface area contributed by atoms with Crippen LogP contribution >= 0.6 is 0 Å². The first-order valence-corrected chi connectivity index (χ1v) is 6.87. The number of amides is 1. The van der Waals surface area contributed by atoms with Crippen molar-refractivity contribution in [1.29, 1.82) is 0 Å². The first kappa shape index (κ1) is 15.5. The lowest BCUT2D eigenvalue weighted by atomic mass is 9.99. The van der Waals surface area contributed by atoms with E-state index in [0.29, 0.717) is 6.61 Å². The molecule has 0 saturated carbocycles. The molecule has 0 fully saturated rings. The van der Waals surface area contributed by atoms with E-state index in [1.54, 1.807) is 0 Å². The third-order valence-electron chi connectivity index (χ3n) is 3.13. The van der Waals surface area contributed by atoms with Crippen molar-refractivity contribution in [3.05, 3.63) is 24.3 Å². The lowest BCUT2D eigenvalue weighted by molar-refractivity contribution is -0.118. The minimum Gasteiger partial charge on any atom is -0.494 e. The predicted octanol–water partition coefficient (Wildman–Crippen LogP) is 2.79. The second-order valence-electron chi connectivity index (χ2n) is 4.78. The van der Waals surface area contributed by atoms with Crippen molar-refractivity contribution in [2.24, 2.45) is 11.7 Å². The first-order chi connectivity index (χ1) is 9.08. The largest absolute Gasteiger partial charge is 0.494 e. The van der Waals surface area contributed by atoms with Crippen LogP contribution < -0.4 is 15.8 Å². The smallest absolute Gasteiger partial charge is 0.241 e. The highest BCUT2D eigenvalue weighted by atomic mass is 16.5. The van der Waals surface area contributed by atoms with E-state index in [4.69, 9.17) is 10.5 Å². The molecule has 0 aliphatic rings. The number of anilines is 1. The Morgan fingerprint density at radius 3 is 2.79 bits per heavy atom. The number of rotatable bonds is 7. The number of benzene rings is 1. The lowest BCUT2D eigenvalue weighted by Crippen LogP contribution is -2.40. The normalized spacial score (nSPS) is 13.7. The standard InChI is InChI=1S/C15H24N2O2/c1-4-9-19-13-8-6-7-12(10-13)17-15(18)14(16)11(3)5-2/h6-8,10-11,14H,4-5,9,16H2,1-3H3,(H,17,18)/t11?,14-/m0/s1. The molecule has 1 aromatic carbocycles. The van der Waals surface area contributed by atoms with E-state index >= 15 is 0 Å². The third kappa shape index (κ3) is 4.91. The highest BCUT2D eigenvalue weighted by Gasteiger charge is 2.19. The zero-order chi connectivity index (χ0) is 14.3. The Bertz CT molecular complexity index is 407. The molecule has 1 unspecified atom stereocenters. The van der Waals surface area contributed by atoms with Crippen molar-refractivity contribution in [3.63, 3.8) is 0 Å². The van der Waals surface area contributed by atoms with Gasteiger partial charge in [0, 0.05) is 11.8 Å². The van der Waals surface area contributed by atoms with E-state index in [9.17, 15) is 4.79 Å². The fourth-order valence-corrected chi connectivity index (χ4v) is 1.62. The molecule has 0 aliphatic carbocycles. The van der Waals surface area contributed by atoms with Crippen LogP contribution in [0.25, 0.3) is 0 Å². The highest BCUT2D eigenvalue weighted by molar-refractivity contribution is 5.95. The van der Waals surface area contributed by atoms with Gasteiger partial charge in [-0.15, -0.1) is 0 Å². The van der Waals surface area contributed by atoms with Gasteiger partial charge in [-0.2, -0.15) is 0 Å². The molecule has 0 aliphatic heterocycles. The molecule has 4 heteroatoms. The van der Waals surface area contributed by atoms with Gasteiger partial charge in [0.1, 0.15) is 5.75 Å². The molecular formula is C15H24N2O2. The van der Waals surface area contributed by atoms with E-state index in [1.165, 1.54) is 0 Å². The SMILES string of the molecule is CCCOc1cccc(NC(=O)[C@@H](N)C(C)CC)c1. The van der Waals surface area contributed by atoms with E-state index in [-0.39, 0.29) is 11.8 Å². The molecule has 0 radical (unpaired) electrons. The van der Waals surface area contributed by atoms with Crippen molar-refractivity contribution >= 4 is 11.6 Å². The van der Waals surface area contributed by atoms with Gasteiger partial charge in [0.2, 0.25) is 5.91 Å². The van der Waals surface area contributed by atoms with Crippen LogP contribution in [-0.2, 0) is 4.79 Å². The Labute approximate surface area is 115 Å². The first-order valence-electron chi connectivity index (χ1n) is 6.87. The maximum absolute atomic E-state index is 12.0. The maximum Gasteiger partial charge on any atom is 0.241 e. The van der Waals surface area contributed by atoms with Crippen molar-refractivity contribution in [3.8, 4) is 5.75 Å². The highest BCUT2D eigenvalue weighted by Crippen LogP contribution is 2.18. The molecule has 3 N–H and O–H groups in total. The summed E-state index contributed by atoms with van der Waals surface area (Å²) in [5.41, 5.74) is 6.61. The molecular weight excluding hydrogens is 240 g/mol. The second kappa shape index (κ2) is 7.79. The molecule has 0 bridgehead atoms. The summed E-state index contributed by atoms with van der Waals surface area (Å²) in [4.78, 5) is 12.0. The van der Waals surface area contributed by atoms with E-state index < -0.39 is 6.04 Å². The predicted molar refractivity (Wildman–Crippen MR) is 78.3 cm³/mol. The Morgan fingerprint density at radius 1 is 1.42 bits per heavy atom. The summed E-state index contributed by atoms with van der Waals surface area (Å²) in [6.45, 7) is 6.72. The van der Waals surface area contributed by atoms with Gasteiger partial charge >= 0.3 is 0 Å². The molecule has 19 heavy (non-hydrogen) atoms. The van der Waals surface area contributed by atoms with Gasteiger partial charge in [0.15, 0.2) is 0 Å². The molecule has 1 aromatic rings. The molecule has 1 rings (SSSR count). The van der Waals surface area contributed by atoms with Crippen LogP contribution in [0, 0.1) is 5.92 Å². The van der Waals surface area contributed by atoms with Crippen molar-refractivity contribution in [1.82, 2.24) is 0 Å². The van der Waals surface area contributed by atoms with Crippen molar-refractivity contribution < 1.29 is 9.53 Å². The molecule has 106 valence electrons. The minimum atomic E-state index is -0.481. The topological polar surface area (TPSA) is 64.3 Å². The average Bonchev–Trinajstić information content (AvgIpc) is 2.43. The molecule has 0 spiro atoms. The average molecular weight is 264 g/mol.